The lowest BCUT2D eigenvalue weighted by Gasteiger charge is -2.18. The van der Waals surface area contributed by atoms with Gasteiger partial charge in [-0.3, -0.25) is 0 Å². The quantitative estimate of drug-likeness (QED) is 0.595. The number of carboxylic acid groups (broad SMARTS) is 1. The van der Waals surface area contributed by atoms with Crippen molar-refractivity contribution >= 4 is 16.0 Å². The van der Waals surface area contributed by atoms with Crippen LogP contribution in [0.25, 0.3) is 0 Å². The molecule has 1 aliphatic rings. The molecule has 0 saturated carbocycles. The zero-order valence-corrected chi connectivity index (χ0v) is 18.3. The summed E-state index contributed by atoms with van der Waals surface area (Å²) in [5.41, 5.74) is -0.0546. The number of ether oxygens (including phenoxy) is 1. The third-order valence-electron chi connectivity index (χ3n) is 4.77. The van der Waals surface area contributed by atoms with Gasteiger partial charge in [0.2, 0.25) is 10.0 Å². The lowest BCUT2D eigenvalue weighted by Crippen LogP contribution is -2.17. The number of nitrogens with two attached hydrogens (primary N) is 1. The number of rotatable bonds is 5. The Morgan fingerprint density at radius 1 is 1.06 bits per heavy atom. The van der Waals surface area contributed by atoms with Gasteiger partial charge in [-0.2, -0.15) is 13.2 Å². The highest BCUT2D eigenvalue weighted by molar-refractivity contribution is 7.89. The van der Waals surface area contributed by atoms with Crippen molar-refractivity contribution in [3.05, 3.63) is 58.7 Å². The van der Waals surface area contributed by atoms with Gasteiger partial charge in [0.05, 0.1) is 10.5 Å². The Balaban J connectivity index is 0.000000237. The van der Waals surface area contributed by atoms with Gasteiger partial charge >= 0.3 is 12.1 Å². The average molecular weight is 495 g/mol. The molecule has 182 valence electrons. The summed E-state index contributed by atoms with van der Waals surface area (Å²) in [6.07, 6.45) is -0.471. The fourth-order valence-electron chi connectivity index (χ4n) is 3.20. The van der Waals surface area contributed by atoms with Gasteiger partial charge in [-0.05, 0) is 61.1 Å². The van der Waals surface area contributed by atoms with E-state index < -0.39 is 44.1 Å². The highest BCUT2D eigenvalue weighted by Crippen LogP contribution is 2.36. The van der Waals surface area contributed by atoms with Gasteiger partial charge in [0.1, 0.15) is 5.75 Å². The van der Waals surface area contributed by atoms with Crippen LogP contribution in [0.5, 0.6) is 5.75 Å². The van der Waals surface area contributed by atoms with Crippen molar-refractivity contribution < 1.29 is 45.0 Å². The summed E-state index contributed by atoms with van der Waals surface area (Å²) < 4.78 is 90.5. The number of benzene rings is 2. The van der Waals surface area contributed by atoms with E-state index in [4.69, 9.17) is 9.84 Å². The molecule has 3 rings (SSSR count). The maximum Gasteiger partial charge on any atom is 0.416 e. The Morgan fingerprint density at radius 3 is 2.21 bits per heavy atom. The van der Waals surface area contributed by atoms with E-state index >= 15 is 0 Å². The number of carbonyl (C=O) groups is 1. The summed E-state index contributed by atoms with van der Waals surface area (Å²) in [5.74, 6) is -3.79. The highest BCUT2D eigenvalue weighted by atomic mass is 32.2. The Bertz CT molecular complexity index is 1080. The molecule has 0 fully saturated rings. The van der Waals surface area contributed by atoms with Crippen molar-refractivity contribution in [2.45, 2.75) is 49.6 Å². The summed E-state index contributed by atoms with van der Waals surface area (Å²) in [7, 11) is -4.50. The van der Waals surface area contributed by atoms with E-state index in [1.165, 1.54) is 24.0 Å². The first kappa shape index (κ1) is 26.5. The second kappa shape index (κ2) is 10.0. The third-order valence-corrected chi connectivity index (χ3v) is 5.67. The molecule has 12 heteroatoms. The van der Waals surface area contributed by atoms with E-state index in [9.17, 15) is 35.2 Å². The van der Waals surface area contributed by atoms with Crippen LogP contribution in [-0.4, -0.2) is 26.1 Å². The SMILES string of the molecule is CC(F)(F)c1cc(C(F)(F)F)cc(S(N)(=O)=O)c1.O=C(O)COc1cccc2c1CCCC2. The van der Waals surface area contributed by atoms with Crippen molar-refractivity contribution in [2.24, 2.45) is 5.14 Å². The molecule has 0 atom stereocenters. The Morgan fingerprint density at radius 2 is 1.67 bits per heavy atom. The largest absolute Gasteiger partial charge is 0.482 e. The van der Waals surface area contributed by atoms with Crippen LogP contribution in [0, 0.1) is 0 Å². The van der Waals surface area contributed by atoms with Crippen molar-refractivity contribution in [1.29, 1.82) is 0 Å². The smallest absolute Gasteiger partial charge is 0.416 e. The molecular formula is C21H22F5NO5S. The van der Waals surface area contributed by atoms with Gasteiger partial charge < -0.3 is 9.84 Å². The molecule has 2 aromatic rings. The summed E-state index contributed by atoms with van der Waals surface area (Å²) >= 11 is 0. The Hall–Kier alpha value is -2.73. The molecule has 0 bridgehead atoms. The van der Waals surface area contributed by atoms with E-state index in [0.29, 0.717) is 13.0 Å². The minimum atomic E-state index is -4.94. The molecule has 1 aliphatic carbocycles. The zero-order valence-electron chi connectivity index (χ0n) is 17.5. The topological polar surface area (TPSA) is 107 Å². The summed E-state index contributed by atoms with van der Waals surface area (Å²) in [4.78, 5) is 9.41. The maximum absolute atomic E-state index is 13.0. The van der Waals surface area contributed by atoms with Crippen LogP contribution in [-0.2, 0) is 39.8 Å². The number of aliphatic carboxylic acids is 1. The summed E-state index contributed by atoms with van der Waals surface area (Å²) in [5, 5.41) is 13.2. The molecule has 3 N–H and O–H groups in total. The fraction of sp³-hybridized carbons (Fsp3) is 0.381. The van der Waals surface area contributed by atoms with E-state index in [2.05, 4.69) is 11.2 Å². The fourth-order valence-corrected chi connectivity index (χ4v) is 3.78. The first-order chi connectivity index (χ1) is 15.1. The van der Waals surface area contributed by atoms with Crippen LogP contribution in [0.3, 0.4) is 0 Å². The summed E-state index contributed by atoms with van der Waals surface area (Å²) in [6, 6.07) is 6.71. The van der Waals surface area contributed by atoms with Crippen LogP contribution in [0.4, 0.5) is 22.0 Å². The van der Waals surface area contributed by atoms with E-state index in [1.807, 2.05) is 12.1 Å². The van der Waals surface area contributed by atoms with Gasteiger partial charge in [0.15, 0.2) is 6.61 Å². The van der Waals surface area contributed by atoms with Crippen molar-refractivity contribution in [2.75, 3.05) is 6.61 Å². The predicted molar refractivity (Wildman–Crippen MR) is 109 cm³/mol. The van der Waals surface area contributed by atoms with Crippen molar-refractivity contribution in [3.63, 3.8) is 0 Å². The summed E-state index contributed by atoms with van der Waals surface area (Å²) in [6.45, 7) is 0.103. The van der Waals surface area contributed by atoms with Crippen LogP contribution in [0.2, 0.25) is 0 Å². The van der Waals surface area contributed by atoms with E-state index in [1.54, 1.807) is 0 Å². The molecule has 0 radical (unpaired) electrons. The van der Waals surface area contributed by atoms with Gasteiger partial charge in [0.25, 0.3) is 5.92 Å². The number of hydrogen-bond acceptors (Lipinski definition) is 4. The number of halogens is 5. The third kappa shape index (κ3) is 7.67. The molecule has 0 aliphatic heterocycles. The van der Waals surface area contributed by atoms with Gasteiger partial charge in [0, 0.05) is 12.5 Å². The lowest BCUT2D eigenvalue weighted by molar-refractivity contribution is -0.139. The van der Waals surface area contributed by atoms with Crippen LogP contribution in [0.15, 0.2) is 41.3 Å². The first-order valence-electron chi connectivity index (χ1n) is 9.68. The first-order valence-corrected chi connectivity index (χ1v) is 11.2. The number of hydrogen-bond donors (Lipinski definition) is 2. The van der Waals surface area contributed by atoms with Gasteiger partial charge in [-0.1, -0.05) is 12.1 Å². The number of carboxylic acids is 1. The number of aryl methyl sites for hydroxylation is 1. The molecule has 0 heterocycles. The Kier molecular flexibility index (Phi) is 8.07. The minimum absolute atomic E-state index is 0.189. The zero-order chi connectivity index (χ0) is 25.0. The molecule has 0 unspecified atom stereocenters. The number of sulfonamides is 1. The highest BCUT2D eigenvalue weighted by Gasteiger charge is 2.35. The number of primary sulfonamides is 1. The molecule has 2 aromatic carbocycles. The number of fused-ring (bicyclic) bond motifs is 1. The molecule has 33 heavy (non-hydrogen) atoms. The maximum atomic E-state index is 13.0. The second-order valence-electron chi connectivity index (χ2n) is 7.46. The van der Waals surface area contributed by atoms with Crippen LogP contribution in [0.1, 0.15) is 42.0 Å². The molecule has 0 amide bonds. The molecular weight excluding hydrogens is 473 g/mol. The number of alkyl halides is 5. The van der Waals surface area contributed by atoms with Crippen molar-refractivity contribution in [3.8, 4) is 5.75 Å². The minimum Gasteiger partial charge on any atom is -0.482 e. The molecule has 0 aromatic heterocycles. The standard InChI is InChI=1S/C12H14O3.C9H8F5NO2S/c13-12(14)8-15-11-7-3-5-9-4-1-2-6-10(9)11;1-8(10,11)5-2-6(9(12,13)14)4-7(3-5)18(15,16)17/h3,5,7H,1-2,4,6,8H2,(H,13,14);2-4H,1H3,(H2,15,16,17). The predicted octanol–water partition coefficient (Wildman–Crippen LogP) is 4.49. The van der Waals surface area contributed by atoms with Crippen LogP contribution >= 0.6 is 0 Å². The van der Waals surface area contributed by atoms with Crippen LogP contribution < -0.4 is 9.88 Å². The lowest BCUT2D eigenvalue weighted by atomic mass is 9.91. The molecule has 0 saturated heterocycles. The Labute approximate surface area is 187 Å². The second-order valence-corrected chi connectivity index (χ2v) is 9.02. The van der Waals surface area contributed by atoms with E-state index in [0.717, 1.165) is 18.6 Å². The normalized spacial score (nSPS) is 14.0. The van der Waals surface area contributed by atoms with Crippen molar-refractivity contribution in [1.82, 2.24) is 0 Å². The van der Waals surface area contributed by atoms with Gasteiger partial charge in [-0.25, -0.2) is 27.1 Å². The average Bonchev–Trinajstić information content (AvgIpc) is 2.70. The van der Waals surface area contributed by atoms with Gasteiger partial charge in [-0.15, -0.1) is 0 Å². The monoisotopic (exact) mass is 495 g/mol. The molecule has 0 spiro atoms. The van der Waals surface area contributed by atoms with E-state index in [-0.39, 0.29) is 18.7 Å². The molecule has 6 nitrogen and oxygen atoms in total.